The van der Waals surface area contributed by atoms with E-state index in [0.717, 1.165) is 4.47 Å². The van der Waals surface area contributed by atoms with Gasteiger partial charge >= 0.3 is 0 Å². The first-order chi connectivity index (χ1) is 11.6. The monoisotopic (exact) mass is 393 g/mol. The Bertz CT molecular complexity index is 716. The largest absolute Gasteiger partial charge is 0.459 e. The summed E-state index contributed by atoms with van der Waals surface area (Å²) in [5, 5.41) is 7.71. The fourth-order valence-electron chi connectivity index (χ4n) is 1.83. The Morgan fingerprint density at radius 3 is 2.46 bits per heavy atom. The molecule has 0 fully saturated rings. The summed E-state index contributed by atoms with van der Waals surface area (Å²) in [6, 6.07) is 10.0. The van der Waals surface area contributed by atoms with E-state index in [9.17, 15) is 14.4 Å². The van der Waals surface area contributed by atoms with E-state index in [1.54, 1.807) is 36.4 Å². The van der Waals surface area contributed by atoms with Crippen LogP contribution in [0.4, 0.5) is 0 Å². The number of nitrogens with one attached hydrogen (secondary N) is 3. The second kappa shape index (κ2) is 8.88. The van der Waals surface area contributed by atoms with Crippen LogP contribution in [-0.4, -0.2) is 37.4 Å². The molecule has 1 aromatic heterocycles. The zero-order chi connectivity index (χ0) is 17.4. The fourth-order valence-corrected chi connectivity index (χ4v) is 2.23. The summed E-state index contributed by atoms with van der Waals surface area (Å²) in [6.07, 6.45) is 1.41. The van der Waals surface area contributed by atoms with Crippen molar-refractivity contribution in [1.82, 2.24) is 16.0 Å². The number of furan rings is 1. The molecular formula is C16H16BrN3O4. The van der Waals surface area contributed by atoms with Gasteiger partial charge in [-0.25, -0.2) is 0 Å². The van der Waals surface area contributed by atoms with Crippen molar-refractivity contribution >= 4 is 33.7 Å². The number of hydrogen-bond acceptors (Lipinski definition) is 4. The van der Waals surface area contributed by atoms with Crippen LogP contribution >= 0.6 is 15.9 Å². The second-order valence-electron chi connectivity index (χ2n) is 4.78. The standard InChI is InChI=1S/C16H16BrN3O4/c17-12-4-1-3-11(9-12)15(22)20-10-14(21)18-6-7-19-16(23)13-5-2-8-24-13/h1-5,8-9H,6-7,10H2,(H,18,21)(H,19,23)(H,20,22). The third kappa shape index (κ3) is 5.54. The van der Waals surface area contributed by atoms with Crippen molar-refractivity contribution in [3.8, 4) is 0 Å². The molecule has 3 N–H and O–H groups in total. The van der Waals surface area contributed by atoms with Crippen molar-refractivity contribution in [2.75, 3.05) is 19.6 Å². The highest BCUT2D eigenvalue weighted by atomic mass is 79.9. The van der Waals surface area contributed by atoms with Gasteiger partial charge in [-0.3, -0.25) is 14.4 Å². The van der Waals surface area contributed by atoms with E-state index in [1.807, 2.05) is 0 Å². The summed E-state index contributed by atoms with van der Waals surface area (Å²) in [5.41, 5.74) is 0.461. The maximum absolute atomic E-state index is 11.9. The van der Waals surface area contributed by atoms with Crippen LogP contribution in [0.2, 0.25) is 0 Å². The molecule has 3 amide bonds. The van der Waals surface area contributed by atoms with Gasteiger partial charge in [-0.05, 0) is 30.3 Å². The lowest BCUT2D eigenvalue weighted by molar-refractivity contribution is -0.120. The molecule has 0 saturated carbocycles. The van der Waals surface area contributed by atoms with Gasteiger partial charge in [0, 0.05) is 23.1 Å². The number of carbonyl (C=O) groups is 3. The fraction of sp³-hybridized carbons (Fsp3) is 0.188. The number of halogens is 1. The number of hydrogen-bond donors (Lipinski definition) is 3. The van der Waals surface area contributed by atoms with Gasteiger partial charge in [-0.1, -0.05) is 22.0 Å². The summed E-state index contributed by atoms with van der Waals surface area (Å²) in [4.78, 5) is 35.1. The Hall–Kier alpha value is -2.61. The molecule has 0 bridgehead atoms. The highest BCUT2D eigenvalue weighted by Crippen LogP contribution is 2.11. The molecule has 126 valence electrons. The van der Waals surface area contributed by atoms with Gasteiger partial charge in [0.15, 0.2) is 5.76 Å². The van der Waals surface area contributed by atoms with Crippen molar-refractivity contribution in [2.45, 2.75) is 0 Å². The molecular weight excluding hydrogens is 378 g/mol. The van der Waals surface area contributed by atoms with Crippen LogP contribution in [0.25, 0.3) is 0 Å². The molecule has 1 heterocycles. The Labute approximate surface area is 146 Å². The van der Waals surface area contributed by atoms with Gasteiger partial charge in [0.25, 0.3) is 11.8 Å². The predicted octanol–water partition coefficient (Wildman–Crippen LogP) is 1.32. The number of rotatable bonds is 7. The Kier molecular flexibility index (Phi) is 6.56. The molecule has 0 aliphatic heterocycles. The van der Waals surface area contributed by atoms with E-state index in [2.05, 4.69) is 31.9 Å². The van der Waals surface area contributed by atoms with Crippen LogP contribution in [0.3, 0.4) is 0 Å². The maximum Gasteiger partial charge on any atom is 0.287 e. The Morgan fingerprint density at radius 1 is 0.958 bits per heavy atom. The first-order valence-corrected chi connectivity index (χ1v) is 7.98. The minimum atomic E-state index is -0.350. The van der Waals surface area contributed by atoms with Crippen LogP contribution in [0, 0.1) is 0 Å². The van der Waals surface area contributed by atoms with Gasteiger partial charge in [0.05, 0.1) is 12.8 Å². The first kappa shape index (κ1) is 17.7. The van der Waals surface area contributed by atoms with Gasteiger partial charge in [-0.15, -0.1) is 0 Å². The second-order valence-corrected chi connectivity index (χ2v) is 5.69. The highest BCUT2D eigenvalue weighted by Gasteiger charge is 2.09. The molecule has 0 aliphatic carbocycles. The van der Waals surface area contributed by atoms with Crippen molar-refractivity contribution in [3.63, 3.8) is 0 Å². The topological polar surface area (TPSA) is 100 Å². The maximum atomic E-state index is 11.9. The average molecular weight is 394 g/mol. The third-order valence-corrected chi connectivity index (χ3v) is 3.47. The summed E-state index contributed by atoms with van der Waals surface area (Å²) in [6.45, 7) is 0.361. The van der Waals surface area contributed by atoms with Gasteiger partial charge in [0.2, 0.25) is 5.91 Å². The molecule has 24 heavy (non-hydrogen) atoms. The summed E-state index contributed by atoms with van der Waals surface area (Å²) >= 11 is 3.28. The molecule has 1 aromatic carbocycles. The minimum Gasteiger partial charge on any atom is -0.459 e. The van der Waals surface area contributed by atoms with Crippen molar-refractivity contribution in [2.24, 2.45) is 0 Å². The van der Waals surface area contributed by atoms with E-state index in [4.69, 9.17) is 4.42 Å². The van der Waals surface area contributed by atoms with Crippen LogP contribution in [-0.2, 0) is 4.79 Å². The van der Waals surface area contributed by atoms with E-state index in [-0.39, 0.29) is 43.1 Å². The number of carbonyl (C=O) groups excluding carboxylic acids is 3. The molecule has 0 aliphatic rings. The lowest BCUT2D eigenvalue weighted by Gasteiger charge is -2.08. The number of benzene rings is 1. The van der Waals surface area contributed by atoms with Crippen LogP contribution in [0.15, 0.2) is 51.6 Å². The average Bonchev–Trinajstić information content (AvgIpc) is 3.11. The lowest BCUT2D eigenvalue weighted by atomic mass is 10.2. The van der Waals surface area contributed by atoms with Crippen molar-refractivity contribution in [3.05, 3.63) is 58.5 Å². The van der Waals surface area contributed by atoms with Crippen LogP contribution in [0.5, 0.6) is 0 Å². The van der Waals surface area contributed by atoms with Crippen molar-refractivity contribution < 1.29 is 18.8 Å². The molecule has 7 nitrogen and oxygen atoms in total. The Morgan fingerprint density at radius 2 is 1.75 bits per heavy atom. The SMILES string of the molecule is O=C(CNC(=O)c1cccc(Br)c1)NCCNC(=O)c1ccco1. The third-order valence-electron chi connectivity index (χ3n) is 2.97. The van der Waals surface area contributed by atoms with Crippen molar-refractivity contribution in [1.29, 1.82) is 0 Å². The van der Waals surface area contributed by atoms with E-state index >= 15 is 0 Å². The first-order valence-electron chi connectivity index (χ1n) is 7.18. The molecule has 0 saturated heterocycles. The molecule has 0 radical (unpaired) electrons. The van der Waals surface area contributed by atoms with Gasteiger partial charge < -0.3 is 20.4 Å². The molecule has 2 rings (SSSR count). The molecule has 0 unspecified atom stereocenters. The summed E-state index contributed by atoms with van der Waals surface area (Å²) in [7, 11) is 0. The molecule has 2 aromatic rings. The van der Waals surface area contributed by atoms with E-state index in [0.29, 0.717) is 5.56 Å². The van der Waals surface area contributed by atoms with Gasteiger partial charge in [-0.2, -0.15) is 0 Å². The minimum absolute atomic E-state index is 0.141. The number of amides is 3. The summed E-state index contributed by atoms with van der Waals surface area (Å²) < 4.78 is 5.72. The zero-order valence-electron chi connectivity index (χ0n) is 12.7. The smallest absolute Gasteiger partial charge is 0.287 e. The van der Waals surface area contributed by atoms with Crippen LogP contribution < -0.4 is 16.0 Å². The van der Waals surface area contributed by atoms with Gasteiger partial charge in [0.1, 0.15) is 0 Å². The van der Waals surface area contributed by atoms with E-state index < -0.39 is 0 Å². The van der Waals surface area contributed by atoms with Crippen LogP contribution in [0.1, 0.15) is 20.9 Å². The molecule has 8 heteroatoms. The lowest BCUT2D eigenvalue weighted by Crippen LogP contribution is -2.40. The molecule has 0 spiro atoms. The zero-order valence-corrected chi connectivity index (χ0v) is 14.3. The summed E-state index contributed by atoms with van der Waals surface area (Å²) in [5.74, 6) is -0.817. The van der Waals surface area contributed by atoms with E-state index in [1.165, 1.54) is 6.26 Å². The highest BCUT2D eigenvalue weighted by molar-refractivity contribution is 9.10. The molecule has 0 atom stereocenters. The normalized spacial score (nSPS) is 10.0. The Balaban J connectivity index is 1.63. The quantitative estimate of drug-likeness (QED) is 0.617. The predicted molar refractivity (Wildman–Crippen MR) is 90.5 cm³/mol.